The first-order valence-electron chi connectivity index (χ1n) is 9.64. The van der Waals surface area contributed by atoms with Crippen LogP contribution in [0.4, 0.5) is 4.39 Å². The molecule has 3 atom stereocenters. The Balaban J connectivity index is 0.00000243. The number of hydrogen-bond acceptors (Lipinski definition) is 2. The quantitative estimate of drug-likeness (QED) is 0.286. The van der Waals surface area contributed by atoms with Crippen LogP contribution in [0.2, 0.25) is 0 Å². The molecule has 6 heteroatoms. The third kappa shape index (κ3) is 5.81. The van der Waals surface area contributed by atoms with Crippen LogP contribution in [0.5, 0.6) is 0 Å². The van der Waals surface area contributed by atoms with Gasteiger partial charge in [0.2, 0.25) is 0 Å². The number of hydrogen-bond donors (Lipinski definition) is 2. The average Bonchev–Trinajstić information content (AvgIpc) is 3.38. The van der Waals surface area contributed by atoms with Gasteiger partial charge in [-0.1, -0.05) is 24.6 Å². The van der Waals surface area contributed by atoms with E-state index in [9.17, 15) is 4.39 Å². The van der Waals surface area contributed by atoms with Crippen LogP contribution in [-0.2, 0) is 0 Å². The topological polar surface area (TPSA) is 39.7 Å². The summed E-state index contributed by atoms with van der Waals surface area (Å²) in [5, 5.41) is 6.82. The Labute approximate surface area is 174 Å². The van der Waals surface area contributed by atoms with E-state index in [1.54, 1.807) is 19.2 Å². The highest BCUT2D eigenvalue weighted by molar-refractivity contribution is 14.0. The molecule has 1 saturated carbocycles. The maximum Gasteiger partial charge on any atom is 0.191 e. The highest BCUT2D eigenvalue weighted by atomic mass is 127. The van der Waals surface area contributed by atoms with Gasteiger partial charge in [0.05, 0.1) is 0 Å². The van der Waals surface area contributed by atoms with Gasteiger partial charge in [0.15, 0.2) is 5.96 Å². The number of likely N-dealkylation sites (tertiary alicyclic amines) is 1. The van der Waals surface area contributed by atoms with Gasteiger partial charge in [0, 0.05) is 38.1 Å². The second-order valence-corrected chi connectivity index (χ2v) is 7.35. The van der Waals surface area contributed by atoms with Gasteiger partial charge in [-0.05, 0) is 50.8 Å². The van der Waals surface area contributed by atoms with Crippen LogP contribution in [0.15, 0.2) is 29.3 Å². The zero-order valence-corrected chi connectivity index (χ0v) is 18.2. The molecule has 26 heavy (non-hydrogen) atoms. The first kappa shape index (κ1) is 21.4. The van der Waals surface area contributed by atoms with Crippen LogP contribution in [0.25, 0.3) is 0 Å². The van der Waals surface area contributed by atoms with Crippen molar-refractivity contribution < 1.29 is 4.39 Å². The van der Waals surface area contributed by atoms with Crippen molar-refractivity contribution in [3.63, 3.8) is 0 Å². The minimum atomic E-state index is -0.101. The summed E-state index contributed by atoms with van der Waals surface area (Å²) >= 11 is 0. The molecular formula is C20H32FIN4. The van der Waals surface area contributed by atoms with E-state index in [1.807, 2.05) is 12.1 Å². The Hall–Kier alpha value is -0.890. The maximum absolute atomic E-state index is 13.9. The number of aliphatic imine (C=N–C) groups is 1. The van der Waals surface area contributed by atoms with Crippen molar-refractivity contribution in [2.45, 2.75) is 57.0 Å². The predicted molar refractivity (Wildman–Crippen MR) is 117 cm³/mol. The number of rotatable bonds is 6. The van der Waals surface area contributed by atoms with E-state index in [2.05, 4.69) is 27.4 Å². The Morgan fingerprint density at radius 3 is 2.85 bits per heavy atom. The van der Waals surface area contributed by atoms with Crippen molar-refractivity contribution in [3.05, 3.63) is 35.6 Å². The predicted octanol–water partition coefficient (Wildman–Crippen LogP) is 3.73. The Bertz CT molecular complexity index is 595. The highest BCUT2D eigenvalue weighted by Gasteiger charge is 2.40. The van der Waals surface area contributed by atoms with Crippen molar-refractivity contribution in [1.82, 2.24) is 15.5 Å². The van der Waals surface area contributed by atoms with E-state index in [0.717, 1.165) is 43.5 Å². The molecule has 3 unspecified atom stereocenters. The van der Waals surface area contributed by atoms with Gasteiger partial charge in [-0.2, -0.15) is 0 Å². The lowest BCUT2D eigenvalue weighted by molar-refractivity contribution is 0.159. The summed E-state index contributed by atoms with van der Waals surface area (Å²) in [6.07, 6.45) is 6.12. The summed E-state index contributed by atoms with van der Waals surface area (Å²) in [6, 6.07) is 8.08. The van der Waals surface area contributed by atoms with Gasteiger partial charge in [0.1, 0.15) is 5.82 Å². The van der Waals surface area contributed by atoms with Crippen molar-refractivity contribution in [3.8, 4) is 0 Å². The first-order chi connectivity index (χ1) is 12.2. The van der Waals surface area contributed by atoms with Crippen LogP contribution in [0.3, 0.4) is 0 Å². The molecule has 1 aromatic rings. The number of nitrogens with zero attached hydrogens (tertiary/aromatic N) is 2. The summed E-state index contributed by atoms with van der Waals surface area (Å²) in [5.41, 5.74) is 0.814. The number of benzene rings is 1. The molecule has 2 N–H and O–H groups in total. The number of nitrogens with one attached hydrogen (secondary N) is 2. The summed E-state index contributed by atoms with van der Waals surface area (Å²) in [7, 11) is 1.79. The number of halogens is 2. The van der Waals surface area contributed by atoms with Gasteiger partial charge in [-0.25, -0.2) is 4.39 Å². The summed E-state index contributed by atoms with van der Waals surface area (Å²) in [5.74, 6) is 0.986. The van der Waals surface area contributed by atoms with Crippen LogP contribution in [0.1, 0.15) is 50.5 Å². The molecule has 146 valence electrons. The molecule has 0 aromatic heterocycles. The fourth-order valence-electron chi connectivity index (χ4n) is 3.82. The molecule has 2 aliphatic rings. The fourth-order valence-corrected chi connectivity index (χ4v) is 3.82. The van der Waals surface area contributed by atoms with Gasteiger partial charge in [0.25, 0.3) is 0 Å². The average molecular weight is 474 g/mol. The van der Waals surface area contributed by atoms with Gasteiger partial charge >= 0.3 is 0 Å². The van der Waals surface area contributed by atoms with Crippen molar-refractivity contribution >= 4 is 29.9 Å². The molecule has 1 aliphatic carbocycles. The molecule has 0 spiro atoms. The largest absolute Gasteiger partial charge is 0.356 e. The summed E-state index contributed by atoms with van der Waals surface area (Å²) in [4.78, 5) is 6.90. The van der Waals surface area contributed by atoms with Crippen molar-refractivity contribution in [2.24, 2.45) is 4.99 Å². The van der Waals surface area contributed by atoms with E-state index in [0.29, 0.717) is 0 Å². The normalized spacial score (nSPS) is 26.1. The van der Waals surface area contributed by atoms with E-state index in [-0.39, 0.29) is 41.8 Å². The zero-order chi connectivity index (χ0) is 17.6. The van der Waals surface area contributed by atoms with Gasteiger partial charge in [-0.3, -0.25) is 4.99 Å². The lowest BCUT2D eigenvalue weighted by Gasteiger charge is -2.33. The Morgan fingerprint density at radius 1 is 1.31 bits per heavy atom. The van der Waals surface area contributed by atoms with Crippen molar-refractivity contribution in [2.75, 3.05) is 26.7 Å². The summed E-state index contributed by atoms with van der Waals surface area (Å²) < 4.78 is 13.9. The van der Waals surface area contributed by atoms with Crippen LogP contribution in [0, 0.1) is 5.82 Å². The second-order valence-electron chi connectivity index (χ2n) is 7.35. The monoisotopic (exact) mass is 474 g/mol. The standard InChI is InChI=1S/C20H31FN4.HI/c1-15-8-5-6-12-25(15)13-7-11-23-20(22-2)24-19-14-17(19)16-9-3-4-10-18(16)21;/h3-4,9-10,15,17,19H,5-8,11-14H2,1-2H3,(H2,22,23,24);1H. The molecule has 4 nitrogen and oxygen atoms in total. The van der Waals surface area contributed by atoms with Crippen LogP contribution in [-0.4, -0.2) is 49.6 Å². The van der Waals surface area contributed by atoms with Gasteiger partial charge in [-0.15, -0.1) is 24.0 Å². The number of guanidine groups is 1. The molecule has 0 amide bonds. The van der Waals surface area contributed by atoms with E-state index in [4.69, 9.17) is 0 Å². The molecule has 1 aliphatic heterocycles. The maximum atomic E-state index is 13.9. The van der Waals surface area contributed by atoms with E-state index < -0.39 is 0 Å². The highest BCUT2D eigenvalue weighted by Crippen LogP contribution is 2.41. The minimum absolute atomic E-state index is 0. The van der Waals surface area contributed by atoms with Crippen LogP contribution < -0.4 is 10.6 Å². The lowest BCUT2D eigenvalue weighted by Crippen LogP contribution is -2.42. The molecule has 1 heterocycles. The molecule has 0 radical (unpaired) electrons. The second kappa shape index (κ2) is 10.4. The first-order valence-corrected chi connectivity index (χ1v) is 9.64. The third-order valence-corrected chi connectivity index (χ3v) is 5.50. The molecular weight excluding hydrogens is 442 g/mol. The van der Waals surface area contributed by atoms with E-state index in [1.165, 1.54) is 25.8 Å². The summed E-state index contributed by atoms with van der Waals surface area (Å²) in [6.45, 7) is 5.63. The molecule has 1 saturated heterocycles. The van der Waals surface area contributed by atoms with Crippen molar-refractivity contribution in [1.29, 1.82) is 0 Å². The molecule has 3 rings (SSSR count). The minimum Gasteiger partial charge on any atom is -0.356 e. The fraction of sp³-hybridized carbons (Fsp3) is 0.650. The Morgan fingerprint density at radius 2 is 2.12 bits per heavy atom. The SMILES string of the molecule is CN=C(NCCCN1CCCCC1C)NC1CC1c1ccccc1F.I. The molecule has 0 bridgehead atoms. The molecule has 1 aromatic carbocycles. The van der Waals surface area contributed by atoms with Gasteiger partial charge < -0.3 is 15.5 Å². The Kier molecular flexibility index (Phi) is 8.60. The smallest absolute Gasteiger partial charge is 0.191 e. The van der Waals surface area contributed by atoms with E-state index >= 15 is 0 Å². The molecule has 2 fully saturated rings. The zero-order valence-electron chi connectivity index (χ0n) is 15.9. The third-order valence-electron chi connectivity index (χ3n) is 5.50. The number of piperidine rings is 1. The van der Waals surface area contributed by atoms with Crippen LogP contribution >= 0.6 is 24.0 Å². The lowest BCUT2D eigenvalue weighted by atomic mass is 10.0.